The number of hydrogen-bond donors (Lipinski definition) is 1. The summed E-state index contributed by atoms with van der Waals surface area (Å²) in [5.74, 6) is 0. The van der Waals surface area contributed by atoms with Crippen LogP contribution in [-0.2, 0) is 0 Å². The van der Waals surface area contributed by atoms with Crippen molar-refractivity contribution in [2.24, 2.45) is 5.73 Å². The highest BCUT2D eigenvalue weighted by Crippen LogP contribution is 2.37. The van der Waals surface area contributed by atoms with Gasteiger partial charge in [0, 0.05) is 29.1 Å². The number of nitrogens with zero attached hydrogens (tertiary/aromatic N) is 1. The van der Waals surface area contributed by atoms with Crippen LogP contribution in [0, 0.1) is 0 Å². The summed E-state index contributed by atoms with van der Waals surface area (Å²) in [5.41, 5.74) is 6.99. The van der Waals surface area contributed by atoms with Crippen molar-refractivity contribution in [3.63, 3.8) is 0 Å². The number of rotatable bonds is 4. The van der Waals surface area contributed by atoms with Gasteiger partial charge in [0.05, 0.1) is 5.02 Å². The summed E-state index contributed by atoms with van der Waals surface area (Å²) in [7, 11) is 0. The molecule has 4 heteroatoms. The first kappa shape index (κ1) is 12.4. The quantitative estimate of drug-likeness (QED) is 0.859. The van der Waals surface area contributed by atoms with Gasteiger partial charge < -0.3 is 5.73 Å². The van der Waals surface area contributed by atoms with Crippen molar-refractivity contribution in [1.82, 2.24) is 4.98 Å². The summed E-state index contributed by atoms with van der Waals surface area (Å²) in [5, 5.41) is 0.975. The third-order valence-corrected chi connectivity index (χ3v) is 4.20. The van der Waals surface area contributed by atoms with Crippen LogP contribution in [0.2, 0.25) is 5.02 Å². The van der Waals surface area contributed by atoms with E-state index in [0.29, 0.717) is 6.54 Å². The predicted molar refractivity (Wildman–Crippen MR) is 73.3 cm³/mol. The first-order chi connectivity index (χ1) is 8.31. The lowest BCUT2D eigenvalue weighted by molar-refractivity contribution is 0.937. The molecular formula is C13H13ClN2S. The van der Waals surface area contributed by atoms with Crippen molar-refractivity contribution in [2.45, 2.75) is 10.1 Å². The third kappa shape index (κ3) is 3.22. The van der Waals surface area contributed by atoms with Crippen molar-refractivity contribution in [1.29, 1.82) is 0 Å². The van der Waals surface area contributed by atoms with Crippen molar-refractivity contribution < 1.29 is 0 Å². The second kappa shape index (κ2) is 6.05. The first-order valence-corrected chi connectivity index (χ1v) is 6.58. The highest BCUT2D eigenvalue weighted by atomic mass is 35.5. The van der Waals surface area contributed by atoms with Crippen LogP contribution in [0.25, 0.3) is 0 Å². The summed E-state index contributed by atoms with van der Waals surface area (Å²) in [6.07, 6.45) is 3.57. The average molecular weight is 265 g/mol. The molecule has 17 heavy (non-hydrogen) atoms. The van der Waals surface area contributed by atoms with E-state index in [1.54, 1.807) is 24.2 Å². The van der Waals surface area contributed by atoms with Crippen LogP contribution >= 0.6 is 23.4 Å². The zero-order chi connectivity index (χ0) is 12.1. The van der Waals surface area contributed by atoms with Crippen LogP contribution in [-0.4, -0.2) is 11.5 Å². The summed E-state index contributed by atoms with van der Waals surface area (Å²) in [6.45, 7) is 0.569. The van der Waals surface area contributed by atoms with E-state index < -0.39 is 0 Å². The van der Waals surface area contributed by atoms with E-state index in [1.807, 2.05) is 36.4 Å². The van der Waals surface area contributed by atoms with Crippen LogP contribution < -0.4 is 5.73 Å². The molecule has 0 fully saturated rings. The number of benzene rings is 1. The number of nitrogens with two attached hydrogens (primary N) is 1. The Hall–Kier alpha value is -1.03. The first-order valence-electron chi connectivity index (χ1n) is 5.32. The smallest absolute Gasteiger partial charge is 0.0542 e. The molecule has 0 aliphatic heterocycles. The minimum absolute atomic E-state index is 0.206. The Labute approximate surface area is 110 Å². The molecule has 2 rings (SSSR count). The molecule has 88 valence electrons. The summed E-state index contributed by atoms with van der Waals surface area (Å²) < 4.78 is 0. The van der Waals surface area contributed by atoms with Crippen LogP contribution in [0.4, 0.5) is 0 Å². The largest absolute Gasteiger partial charge is 0.329 e. The molecule has 0 radical (unpaired) electrons. The lowest BCUT2D eigenvalue weighted by Crippen LogP contribution is -2.09. The van der Waals surface area contributed by atoms with Crippen LogP contribution in [0.5, 0.6) is 0 Å². The molecule has 0 bridgehead atoms. The minimum Gasteiger partial charge on any atom is -0.329 e. The second-order valence-electron chi connectivity index (χ2n) is 3.55. The maximum Gasteiger partial charge on any atom is 0.0542 e. The van der Waals surface area contributed by atoms with Gasteiger partial charge in [-0.25, -0.2) is 0 Å². The molecule has 2 N–H and O–H groups in total. The molecule has 1 atom stereocenters. The van der Waals surface area contributed by atoms with Gasteiger partial charge in [-0.05, 0) is 29.8 Å². The molecule has 1 unspecified atom stereocenters. The van der Waals surface area contributed by atoms with Crippen molar-refractivity contribution in [3.05, 3.63) is 59.4 Å². The summed E-state index contributed by atoms with van der Waals surface area (Å²) in [6, 6.07) is 11.8. The standard InChI is InChI=1S/C13H13ClN2S/c14-11-3-1-2-4-12(11)17-13(9-15)10-5-7-16-8-6-10/h1-8,13H,9,15H2. The molecule has 2 nitrogen and oxygen atoms in total. The van der Waals surface area contributed by atoms with Crippen molar-refractivity contribution in [3.8, 4) is 0 Å². The maximum atomic E-state index is 6.14. The Balaban J connectivity index is 2.19. The fraction of sp³-hybridized carbons (Fsp3) is 0.154. The van der Waals surface area contributed by atoms with Crippen molar-refractivity contribution in [2.75, 3.05) is 6.54 Å². The third-order valence-electron chi connectivity index (χ3n) is 2.40. The Morgan fingerprint density at radius 2 is 1.88 bits per heavy atom. The number of pyridine rings is 1. The fourth-order valence-corrected chi connectivity index (χ4v) is 2.83. The number of halogens is 1. The fourth-order valence-electron chi connectivity index (χ4n) is 1.52. The van der Waals surface area contributed by atoms with Crippen LogP contribution in [0.1, 0.15) is 10.8 Å². The zero-order valence-corrected chi connectivity index (χ0v) is 10.8. The molecule has 1 aromatic carbocycles. The Morgan fingerprint density at radius 3 is 2.53 bits per heavy atom. The summed E-state index contributed by atoms with van der Waals surface area (Å²) >= 11 is 7.82. The molecule has 0 amide bonds. The molecule has 1 heterocycles. The Kier molecular flexibility index (Phi) is 4.42. The van der Waals surface area contributed by atoms with Gasteiger partial charge in [0.15, 0.2) is 0 Å². The van der Waals surface area contributed by atoms with Gasteiger partial charge in [-0.1, -0.05) is 23.7 Å². The SMILES string of the molecule is NCC(Sc1ccccc1Cl)c1ccncc1. The average Bonchev–Trinajstić information content (AvgIpc) is 2.39. The van der Waals surface area contributed by atoms with Gasteiger partial charge in [0.25, 0.3) is 0 Å². The molecule has 0 saturated heterocycles. The molecule has 0 aliphatic rings. The van der Waals surface area contributed by atoms with Gasteiger partial charge in [-0.15, -0.1) is 11.8 Å². The van der Waals surface area contributed by atoms with Gasteiger partial charge in [0.2, 0.25) is 0 Å². The minimum atomic E-state index is 0.206. The molecule has 2 aromatic rings. The van der Waals surface area contributed by atoms with E-state index in [4.69, 9.17) is 17.3 Å². The second-order valence-corrected chi connectivity index (χ2v) is 5.20. The molecule has 0 spiro atoms. The lowest BCUT2D eigenvalue weighted by atomic mass is 10.2. The van der Waals surface area contributed by atoms with Gasteiger partial charge in [-0.3, -0.25) is 4.98 Å². The van der Waals surface area contributed by atoms with E-state index in [0.717, 1.165) is 9.92 Å². The van der Waals surface area contributed by atoms with Crippen molar-refractivity contribution >= 4 is 23.4 Å². The summed E-state index contributed by atoms with van der Waals surface area (Å²) in [4.78, 5) is 5.07. The Morgan fingerprint density at radius 1 is 1.18 bits per heavy atom. The van der Waals surface area contributed by atoms with Gasteiger partial charge >= 0.3 is 0 Å². The van der Waals surface area contributed by atoms with Gasteiger partial charge in [-0.2, -0.15) is 0 Å². The number of aromatic nitrogens is 1. The van der Waals surface area contributed by atoms with E-state index >= 15 is 0 Å². The molecule has 0 aliphatic carbocycles. The highest BCUT2D eigenvalue weighted by Gasteiger charge is 2.12. The zero-order valence-electron chi connectivity index (χ0n) is 9.21. The number of thioether (sulfide) groups is 1. The molecule has 1 aromatic heterocycles. The molecular weight excluding hydrogens is 252 g/mol. The van der Waals surface area contributed by atoms with Crippen LogP contribution in [0.15, 0.2) is 53.7 Å². The topological polar surface area (TPSA) is 38.9 Å². The number of hydrogen-bond acceptors (Lipinski definition) is 3. The predicted octanol–water partition coefficient (Wildman–Crippen LogP) is 3.53. The normalized spacial score (nSPS) is 12.4. The van der Waals surface area contributed by atoms with Crippen LogP contribution in [0.3, 0.4) is 0 Å². The highest BCUT2D eigenvalue weighted by molar-refractivity contribution is 7.99. The Bertz CT molecular complexity index is 476. The maximum absolute atomic E-state index is 6.14. The van der Waals surface area contributed by atoms with E-state index in [1.165, 1.54) is 5.56 Å². The molecule has 0 saturated carbocycles. The van der Waals surface area contributed by atoms with E-state index in [9.17, 15) is 0 Å². The monoisotopic (exact) mass is 264 g/mol. The van der Waals surface area contributed by atoms with E-state index in [2.05, 4.69) is 4.98 Å². The van der Waals surface area contributed by atoms with Gasteiger partial charge in [0.1, 0.15) is 0 Å². The van der Waals surface area contributed by atoms with E-state index in [-0.39, 0.29) is 5.25 Å². The lowest BCUT2D eigenvalue weighted by Gasteiger charge is -2.15.